The number of rotatable bonds is 7. The molecule has 5 nitrogen and oxygen atoms in total. The van der Waals surface area contributed by atoms with E-state index in [1.165, 1.54) is 0 Å². The third-order valence-corrected chi connectivity index (χ3v) is 3.16. The van der Waals surface area contributed by atoms with E-state index >= 15 is 0 Å². The second kappa shape index (κ2) is 6.87. The zero-order chi connectivity index (χ0) is 13.5. The van der Waals surface area contributed by atoms with E-state index in [2.05, 4.69) is 0 Å². The lowest BCUT2D eigenvalue weighted by Gasteiger charge is -2.09. The van der Waals surface area contributed by atoms with E-state index < -0.39 is 11.9 Å². The van der Waals surface area contributed by atoms with Gasteiger partial charge in [0.2, 0.25) is 0 Å². The molecular formula is C12H13O5P. The number of carboxylic acid groups (broad SMARTS) is 2. The first-order chi connectivity index (χ1) is 8.54. The first kappa shape index (κ1) is 14.3. The van der Waals surface area contributed by atoms with Crippen LogP contribution in [0.25, 0.3) is 0 Å². The maximum atomic E-state index is 11.0. The van der Waals surface area contributed by atoms with Crippen LogP contribution in [0.3, 0.4) is 0 Å². The number of aliphatic carboxylic acids is 2. The number of hydrogen-bond donors (Lipinski definition) is 2. The second-order valence-corrected chi connectivity index (χ2v) is 4.46. The number of hydrogen-bond acceptors (Lipinski definition) is 3. The van der Waals surface area contributed by atoms with Gasteiger partial charge in [-0.05, 0) is 30.0 Å². The first-order valence-electron chi connectivity index (χ1n) is 5.42. The van der Waals surface area contributed by atoms with Crippen molar-refractivity contribution in [1.82, 2.24) is 0 Å². The molecule has 0 fully saturated rings. The minimum absolute atomic E-state index is 0.0285. The van der Waals surface area contributed by atoms with Crippen LogP contribution in [-0.4, -0.2) is 22.2 Å². The molecule has 0 bridgehead atoms. The lowest BCUT2D eigenvalue weighted by molar-refractivity contribution is -0.138. The summed E-state index contributed by atoms with van der Waals surface area (Å²) in [5.41, 5.74) is 1.43. The van der Waals surface area contributed by atoms with Crippen LogP contribution in [0.5, 0.6) is 0 Å². The predicted octanol–water partition coefficient (Wildman–Crippen LogP) is 1.64. The van der Waals surface area contributed by atoms with Crippen LogP contribution >= 0.6 is 8.46 Å². The Morgan fingerprint density at radius 1 is 1.06 bits per heavy atom. The molecule has 2 N–H and O–H groups in total. The molecule has 0 aromatic heterocycles. The zero-order valence-corrected chi connectivity index (χ0v) is 10.5. The van der Waals surface area contributed by atoms with E-state index in [0.717, 1.165) is 5.56 Å². The van der Waals surface area contributed by atoms with E-state index in [9.17, 15) is 14.2 Å². The Balaban J connectivity index is 2.95. The standard InChI is InChI=1S/C12H13O5P/c13-11(14)6-4-8-2-1-3-10(18-17)9(8)5-7-12(15)16/h1-3H,4-7H2,(H,13,14)(H,15,16). The Hall–Kier alpha value is -1.74. The summed E-state index contributed by atoms with van der Waals surface area (Å²) < 4.78 is 11.0. The monoisotopic (exact) mass is 268 g/mol. The van der Waals surface area contributed by atoms with Gasteiger partial charge < -0.3 is 10.2 Å². The van der Waals surface area contributed by atoms with Crippen LogP contribution in [0, 0.1) is 0 Å². The Bertz CT molecular complexity index is 470. The highest BCUT2D eigenvalue weighted by Gasteiger charge is 2.11. The maximum absolute atomic E-state index is 11.0. The molecule has 0 radical (unpaired) electrons. The third kappa shape index (κ3) is 4.26. The van der Waals surface area contributed by atoms with Gasteiger partial charge in [0.25, 0.3) is 0 Å². The van der Waals surface area contributed by atoms with Crippen molar-refractivity contribution in [2.24, 2.45) is 0 Å². The fraction of sp³-hybridized carbons (Fsp3) is 0.333. The van der Waals surface area contributed by atoms with Crippen molar-refractivity contribution < 1.29 is 24.4 Å². The molecular weight excluding hydrogens is 255 g/mol. The Morgan fingerprint density at radius 2 is 1.67 bits per heavy atom. The molecule has 0 spiro atoms. The molecule has 0 aliphatic heterocycles. The van der Waals surface area contributed by atoms with Gasteiger partial charge in [-0.25, -0.2) is 0 Å². The van der Waals surface area contributed by atoms with Gasteiger partial charge in [0.1, 0.15) is 0 Å². The van der Waals surface area contributed by atoms with E-state index in [1.54, 1.807) is 18.2 Å². The van der Waals surface area contributed by atoms with E-state index in [-0.39, 0.29) is 27.7 Å². The number of benzene rings is 1. The highest BCUT2D eigenvalue weighted by atomic mass is 31.1. The van der Waals surface area contributed by atoms with Crippen LogP contribution in [0.2, 0.25) is 0 Å². The molecule has 6 heteroatoms. The first-order valence-corrected chi connectivity index (χ1v) is 6.23. The van der Waals surface area contributed by atoms with Crippen LogP contribution in [-0.2, 0) is 27.0 Å². The molecule has 0 unspecified atom stereocenters. The fourth-order valence-corrected chi connectivity index (χ4v) is 2.22. The van der Waals surface area contributed by atoms with Gasteiger partial charge in [-0.15, -0.1) is 0 Å². The highest BCUT2D eigenvalue weighted by Crippen LogP contribution is 2.15. The largest absolute Gasteiger partial charge is 0.481 e. The van der Waals surface area contributed by atoms with E-state index in [1.807, 2.05) is 0 Å². The molecule has 1 aromatic carbocycles. The number of carbonyl (C=O) groups is 2. The van der Waals surface area contributed by atoms with Gasteiger partial charge in [0, 0.05) is 18.1 Å². The minimum atomic E-state index is -0.934. The minimum Gasteiger partial charge on any atom is -0.481 e. The summed E-state index contributed by atoms with van der Waals surface area (Å²) in [6.07, 6.45) is 0.481. The quantitative estimate of drug-likeness (QED) is 0.733. The normalized spacial score (nSPS) is 10.4. The molecule has 1 rings (SSSR count). The molecule has 18 heavy (non-hydrogen) atoms. The predicted molar refractivity (Wildman–Crippen MR) is 65.6 cm³/mol. The van der Waals surface area contributed by atoms with Crippen LogP contribution in [0.4, 0.5) is 0 Å². The fourth-order valence-electron chi connectivity index (χ4n) is 1.70. The van der Waals surface area contributed by atoms with Crippen molar-refractivity contribution in [1.29, 1.82) is 0 Å². The molecule has 0 heterocycles. The van der Waals surface area contributed by atoms with Gasteiger partial charge in [-0.3, -0.25) is 14.2 Å². The highest BCUT2D eigenvalue weighted by molar-refractivity contribution is 7.34. The molecule has 1 aromatic rings. The molecule has 0 aliphatic rings. The van der Waals surface area contributed by atoms with Gasteiger partial charge in [0.15, 0.2) is 8.46 Å². The summed E-state index contributed by atoms with van der Waals surface area (Å²) in [5, 5.41) is 17.9. The van der Waals surface area contributed by atoms with E-state index in [0.29, 0.717) is 17.3 Å². The van der Waals surface area contributed by atoms with Gasteiger partial charge in [-0.2, -0.15) is 0 Å². The summed E-state index contributed by atoms with van der Waals surface area (Å²) in [6, 6.07) is 5.09. The second-order valence-electron chi connectivity index (χ2n) is 3.79. The molecule has 96 valence electrons. The van der Waals surface area contributed by atoms with Crippen LogP contribution in [0.15, 0.2) is 18.2 Å². The Kier molecular flexibility index (Phi) is 5.46. The zero-order valence-electron chi connectivity index (χ0n) is 9.63. The summed E-state index contributed by atoms with van der Waals surface area (Å²) in [7, 11) is -0.179. The van der Waals surface area contributed by atoms with Crippen molar-refractivity contribution in [3.8, 4) is 0 Å². The Labute approximate surface area is 106 Å². The van der Waals surface area contributed by atoms with Crippen molar-refractivity contribution in [3.63, 3.8) is 0 Å². The van der Waals surface area contributed by atoms with Crippen molar-refractivity contribution in [2.45, 2.75) is 25.7 Å². The van der Waals surface area contributed by atoms with Gasteiger partial charge in [0.05, 0.1) is 0 Å². The topological polar surface area (TPSA) is 91.7 Å². The smallest absolute Gasteiger partial charge is 0.303 e. The van der Waals surface area contributed by atoms with Gasteiger partial charge >= 0.3 is 11.9 Å². The van der Waals surface area contributed by atoms with Crippen molar-refractivity contribution in [3.05, 3.63) is 29.3 Å². The maximum Gasteiger partial charge on any atom is 0.303 e. The molecule has 0 saturated heterocycles. The summed E-state index contributed by atoms with van der Waals surface area (Å²) in [6.45, 7) is 0. The van der Waals surface area contributed by atoms with E-state index in [4.69, 9.17) is 10.2 Å². The third-order valence-electron chi connectivity index (χ3n) is 2.54. The average molecular weight is 268 g/mol. The molecule has 0 atom stereocenters. The van der Waals surface area contributed by atoms with Crippen molar-refractivity contribution in [2.75, 3.05) is 0 Å². The van der Waals surface area contributed by atoms with Crippen LogP contribution in [0.1, 0.15) is 24.0 Å². The summed E-state index contributed by atoms with van der Waals surface area (Å²) in [5.74, 6) is -1.85. The Morgan fingerprint density at radius 3 is 2.22 bits per heavy atom. The SMILES string of the molecule is O=Pc1cccc(CCC(=O)O)c1CCC(=O)O. The number of carboxylic acids is 2. The molecule has 0 amide bonds. The van der Waals surface area contributed by atoms with Crippen LogP contribution < -0.4 is 5.30 Å². The molecule has 0 saturated carbocycles. The molecule has 0 aliphatic carbocycles. The summed E-state index contributed by atoms with van der Waals surface area (Å²) in [4.78, 5) is 21.1. The van der Waals surface area contributed by atoms with Crippen molar-refractivity contribution >= 4 is 25.7 Å². The lowest BCUT2D eigenvalue weighted by atomic mass is 9.99. The average Bonchev–Trinajstić information content (AvgIpc) is 2.33. The lowest BCUT2D eigenvalue weighted by Crippen LogP contribution is -2.11. The van der Waals surface area contributed by atoms with Gasteiger partial charge in [-0.1, -0.05) is 12.1 Å². The number of aryl methyl sites for hydroxylation is 1. The summed E-state index contributed by atoms with van der Waals surface area (Å²) >= 11 is 0.